The minimum absolute atomic E-state index is 0.00370. The summed E-state index contributed by atoms with van der Waals surface area (Å²) >= 11 is 0. The third-order valence-corrected chi connectivity index (χ3v) is 2.38. The molecule has 0 aromatic carbocycles. The zero-order valence-corrected chi connectivity index (χ0v) is 9.19. The van der Waals surface area contributed by atoms with Gasteiger partial charge in [0.15, 0.2) is 5.78 Å². The monoisotopic (exact) mass is 202 g/mol. The number of carbonyl (C=O) groups excluding carboxylic acids is 1. The molecule has 2 rings (SSSR count). The second-order valence-electron chi connectivity index (χ2n) is 4.12. The Hall–Kier alpha value is -1.64. The number of ketones is 1. The molecule has 0 radical (unpaired) electrons. The largest absolute Gasteiger partial charge is 0.306 e. The zero-order valence-electron chi connectivity index (χ0n) is 9.19. The highest BCUT2D eigenvalue weighted by Crippen LogP contribution is 2.10. The third-order valence-electron chi connectivity index (χ3n) is 2.38. The van der Waals surface area contributed by atoms with E-state index in [1.807, 2.05) is 43.5 Å². The van der Waals surface area contributed by atoms with Gasteiger partial charge >= 0.3 is 0 Å². The van der Waals surface area contributed by atoms with Crippen LogP contribution >= 0.6 is 0 Å². The molecule has 0 amide bonds. The van der Waals surface area contributed by atoms with Crippen molar-refractivity contribution in [2.45, 2.75) is 20.8 Å². The molecule has 0 spiro atoms. The van der Waals surface area contributed by atoms with E-state index in [1.165, 1.54) is 0 Å². The number of rotatable bonds is 2. The van der Waals surface area contributed by atoms with Gasteiger partial charge in [-0.15, -0.1) is 0 Å². The summed E-state index contributed by atoms with van der Waals surface area (Å²) in [4.78, 5) is 16.0. The van der Waals surface area contributed by atoms with Crippen LogP contribution in [0.4, 0.5) is 0 Å². The SMILES string of the molecule is Cc1ccc2nc(C(=O)C(C)C)cn2c1. The van der Waals surface area contributed by atoms with Gasteiger partial charge in [-0.25, -0.2) is 4.98 Å². The lowest BCUT2D eigenvalue weighted by Gasteiger charge is -1.97. The number of aromatic nitrogens is 2. The van der Waals surface area contributed by atoms with Crippen LogP contribution in [0.3, 0.4) is 0 Å². The van der Waals surface area contributed by atoms with Crippen molar-refractivity contribution >= 4 is 11.4 Å². The van der Waals surface area contributed by atoms with Gasteiger partial charge < -0.3 is 4.40 Å². The number of hydrogen-bond acceptors (Lipinski definition) is 2. The van der Waals surface area contributed by atoms with Gasteiger partial charge in [-0.3, -0.25) is 4.79 Å². The second-order valence-corrected chi connectivity index (χ2v) is 4.12. The molecule has 0 unspecified atom stereocenters. The van der Waals surface area contributed by atoms with Crippen molar-refractivity contribution in [3.05, 3.63) is 35.8 Å². The van der Waals surface area contributed by atoms with Crippen LogP contribution in [0.2, 0.25) is 0 Å². The summed E-state index contributed by atoms with van der Waals surface area (Å²) in [6.45, 7) is 5.79. The first-order valence-corrected chi connectivity index (χ1v) is 5.07. The first-order valence-electron chi connectivity index (χ1n) is 5.07. The normalized spacial score (nSPS) is 11.2. The first kappa shape index (κ1) is 9.90. The van der Waals surface area contributed by atoms with Crippen LogP contribution in [-0.4, -0.2) is 15.2 Å². The summed E-state index contributed by atoms with van der Waals surface area (Å²) < 4.78 is 1.89. The molecule has 0 aliphatic carbocycles. The Labute approximate surface area is 88.8 Å². The van der Waals surface area contributed by atoms with E-state index in [4.69, 9.17) is 0 Å². The molecule has 0 aliphatic rings. The highest BCUT2D eigenvalue weighted by atomic mass is 16.1. The molecule has 0 aliphatic heterocycles. The Morgan fingerprint density at radius 1 is 1.33 bits per heavy atom. The molecular formula is C12H14N2O. The standard InChI is InChI=1S/C12H14N2O/c1-8(2)12(15)10-7-14-6-9(3)4-5-11(14)13-10/h4-8H,1-3H3. The quantitative estimate of drug-likeness (QED) is 0.701. The molecule has 0 saturated carbocycles. The number of aryl methyl sites for hydroxylation is 1. The van der Waals surface area contributed by atoms with Gasteiger partial charge in [0.2, 0.25) is 0 Å². The van der Waals surface area contributed by atoms with Crippen LogP contribution in [0.25, 0.3) is 5.65 Å². The van der Waals surface area contributed by atoms with Crippen molar-refractivity contribution in [1.29, 1.82) is 0 Å². The molecule has 0 atom stereocenters. The van der Waals surface area contributed by atoms with Crippen LogP contribution in [0.5, 0.6) is 0 Å². The summed E-state index contributed by atoms with van der Waals surface area (Å²) in [6, 6.07) is 3.92. The van der Waals surface area contributed by atoms with Crippen molar-refractivity contribution in [3.8, 4) is 0 Å². The van der Waals surface area contributed by atoms with Gasteiger partial charge in [-0.2, -0.15) is 0 Å². The number of Topliss-reactive ketones (excluding diaryl/α,β-unsaturated/α-hetero) is 1. The van der Waals surface area contributed by atoms with Gasteiger partial charge in [0.1, 0.15) is 11.3 Å². The lowest BCUT2D eigenvalue weighted by Crippen LogP contribution is -2.07. The lowest BCUT2D eigenvalue weighted by molar-refractivity contribution is 0.0935. The Bertz CT molecular complexity index is 511. The van der Waals surface area contributed by atoms with E-state index in [0.717, 1.165) is 11.2 Å². The molecule has 3 heteroatoms. The molecule has 2 heterocycles. The predicted octanol–water partition coefficient (Wildman–Crippen LogP) is 2.48. The summed E-state index contributed by atoms with van der Waals surface area (Å²) in [5.41, 5.74) is 2.53. The maximum absolute atomic E-state index is 11.7. The molecule has 3 nitrogen and oxygen atoms in total. The van der Waals surface area contributed by atoms with E-state index in [1.54, 1.807) is 6.20 Å². The highest BCUT2D eigenvalue weighted by Gasteiger charge is 2.13. The smallest absolute Gasteiger partial charge is 0.185 e. The number of nitrogens with zero attached hydrogens (tertiary/aromatic N) is 2. The number of pyridine rings is 1. The topological polar surface area (TPSA) is 34.4 Å². The summed E-state index contributed by atoms with van der Waals surface area (Å²) in [7, 11) is 0. The Morgan fingerprint density at radius 2 is 2.07 bits per heavy atom. The third kappa shape index (κ3) is 1.77. The molecule has 0 N–H and O–H groups in total. The summed E-state index contributed by atoms with van der Waals surface area (Å²) in [5.74, 6) is 0.0902. The number of hydrogen-bond donors (Lipinski definition) is 0. The maximum Gasteiger partial charge on any atom is 0.185 e. The van der Waals surface area contributed by atoms with Crippen LogP contribution in [-0.2, 0) is 0 Å². The molecule has 0 saturated heterocycles. The molecular weight excluding hydrogens is 188 g/mol. The Kier molecular flexibility index (Phi) is 2.31. The van der Waals surface area contributed by atoms with E-state index >= 15 is 0 Å². The Morgan fingerprint density at radius 3 is 2.73 bits per heavy atom. The Balaban J connectivity index is 2.52. The number of imidazole rings is 1. The van der Waals surface area contributed by atoms with Crippen LogP contribution in [0.1, 0.15) is 29.9 Å². The maximum atomic E-state index is 11.7. The predicted molar refractivity (Wildman–Crippen MR) is 59.1 cm³/mol. The van der Waals surface area contributed by atoms with Crippen LogP contribution in [0.15, 0.2) is 24.5 Å². The lowest BCUT2D eigenvalue weighted by atomic mass is 10.1. The fourth-order valence-electron chi connectivity index (χ4n) is 1.52. The van der Waals surface area contributed by atoms with Crippen molar-refractivity contribution in [2.24, 2.45) is 5.92 Å². The first-order chi connectivity index (χ1) is 7.08. The molecule has 78 valence electrons. The van der Waals surface area contributed by atoms with Gasteiger partial charge in [0.05, 0.1) is 0 Å². The van der Waals surface area contributed by atoms with E-state index in [-0.39, 0.29) is 11.7 Å². The molecule has 15 heavy (non-hydrogen) atoms. The van der Waals surface area contributed by atoms with Gasteiger partial charge in [-0.1, -0.05) is 19.9 Å². The van der Waals surface area contributed by atoms with E-state index < -0.39 is 0 Å². The van der Waals surface area contributed by atoms with E-state index in [0.29, 0.717) is 5.69 Å². The number of carbonyl (C=O) groups is 1. The fourth-order valence-corrected chi connectivity index (χ4v) is 1.52. The van der Waals surface area contributed by atoms with Crippen molar-refractivity contribution in [1.82, 2.24) is 9.38 Å². The van der Waals surface area contributed by atoms with Crippen molar-refractivity contribution in [2.75, 3.05) is 0 Å². The van der Waals surface area contributed by atoms with Gasteiger partial charge in [0.25, 0.3) is 0 Å². The molecule has 2 aromatic rings. The fraction of sp³-hybridized carbons (Fsp3) is 0.333. The second kappa shape index (κ2) is 3.50. The summed E-state index contributed by atoms with van der Waals surface area (Å²) in [5, 5.41) is 0. The van der Waals surface area contributed by atoms with Crippen LogP contribution < -0.4 is 0 Å². The van der Waals surface area contributed by atoms with E-state index in [9.17, 15) is 4.79 Å². The number of fused-ring (bicyclic) bond motifs is 1. The van der Waals surface area contributed by atoms with Crippen LogP contribution in [0, 0.1) is 12.8 Å². The average molecular weight is 202 g/mol. The van der Waals surface area contributed by atoms with Crippen molar-refractivity contribution in [3.63, 3.8) is 0 Å². The highest BCUT2D eigenvalue weighted by molar-refractivity contribution is 5.96. The average Bonchev–Trinajstić information content (AvgIpc) is 2.58. The minimum Gasteiger partial charge on any atom is -0.306 e. The molecule has 2 aromatic heterocycles. The van der Waals surface area contributed by atoms with Crippen molar-refractivity contribution < 1.29 is 4.79 Å². The molecule has 0 fully saturated rings. The zero-order chi connectivity index (χ0) is 11.0. The van der Waals surface area contributed by atoms with E-state index in [2.05, 4.69) is 4.98 Å². The van der Waals surface area contributed by atoms with Gasteiger partial charge in [-0.05, 0) is 18.6 Å². The van der Waals surface area contributed by atoms with Gasteiger partial charge in [0, 0.05) is 18.3 Å². The minimum atomic E-state index is -0.00370. The summed E-state index contributed by atoms with van der Waals surface area (Å²) in [6.07, 6.45) is 3.77. The molecule has 0 bridgehead atoms.